The van der Waals surface area contributed by atoms with Gasteiger partial charge in [-0.15, -0.1) is 0 Å². The van der Waals surface area contributed by atoms with Crippen LogP contribution in [0, 0.1) is 5.41 Å². The van der Waals surface area contributed by atoms with E-state index in [1.807, 2.05) is 13.8 Å². The number of allylic oxidation sites excluding steroid dienone is 2. The second-order valence-corrected chi connectivity index (χ2v) is 15.4. The lowest BCUT2D eigenvalue weighted by Gasteiger charge is -2.22. The van der Waals surface area contributed by atoms with Crippen LogP contribution in [-0.2, 0) is 76.2 Å². The van der Waals surface area contributed by atoms with Crippen molar-refractivity contribution in [2.45, 2.75) is 52.4 Å². The van der Waals surface area contributed by atoms with Crippen LogP contribution in [0.1, 0.15) is 52.4 Å². The SMILES string of the molecule is CCCN(OCC)C(=O)C1=CC(NCCCCCNC(=O)CCOCCOCCOCCOCCOCCOCCOCCOCCOCCOCCNC(=O)CN2C(=O)C=CC2=O)=C(C=N)N=C(N)C1. The molecule has 6 N–H and O–H groups in total. The lowest BCUT2D eigenvalue weighted by atomic mass is 10.1. The van der Waals surface area contributed by atoms with Crippen LogP contribution in [-0.4, -0.2) is 223 Å². The molecule has 0 atom stereocenters. The Kier molecular flexibility index (Phi) is 37.7. The number of carbonyl (C=O) groups is 5. The fourth-order valence-electron chi connectivity index (χ4n) is 6.14. The van der Waals surface area contributed by atoms with E-state index in [0.29, 0.717) is 169 Å². The largest absolute Gasteiger partial charge is 0.387 e. The minimum atomic E-state index is -0.499. The zero-order valence-electron chi connectivity index (χ0n) is 41.9. The minimum Gasteiger partial charge on any atom is -0.387 e. The molecule has 2 heterocycles. The molecule has 0 saturated carbocycles. The van der Waals surface area contributed by atoms with E-state index in [1.54, 1.807) is 6.08 Å². The molecule has 0 aliphatic carbocycles. The number of hydroxylamine groups is 2. The van der Waals surface area contributed by atoms with Gasteiger partial charge in [-0.2, -0.15) is 0 Å². The normalized spacial score (nSPS) is 13.6. The molecule has 0 aromatic rings. The van der Waals surface area contributed by atoms with Gasteiger partial charge < -0.3 is 74.5 Å². The highest BCUT2D eigenvalue weighted by atomic mass is 16.7. The third-order valence-electron chi connectivity index (χ3n) is 9.66. The van der Waals surface area contributed by atoms with E-state index in [2.05, 4.69) is 20.9 Å². The number of rotatable bonds is 48. The van der Waals surface area contributed by atoms with E-state index in [-0.39, 0.29) is 50.2 Å². The average Bonchev–Trinajstić information content (AvgIpc) is 3.57. The Balaban J connectivity index is 1.25. The highest BCUT2D eigenvalue weighted by Gasteiger charge is 2.25. The van der Waals surface area contributed by atoms with E-state index in [4.69, 9.17) is 63.3 Å². The number of hydrogen-bond donors (Lipinski definition) is 5. The molecule has 2 rings (SSSR count). The van der Waals surface area contributed by atoms with Gasteiger partial charge in [0.15, 0.2) is 0 Å². The Labute approximate surface area is 418 Å². The van der Waals surface area contributed by atoms with Crippen molar-refractivity contribution >= 4 is 41.6 Å². The third-order valence-corrected chi connectivity index (χ3v) is 9.66. The summed E-state index contributed by atoms with van der Waals surface area (Å²) in [6, 6.07) is 0. The van der Waals surface area contributed by atoms with Crippen LogP contribution < -0.4 is 21.7 Å². The monoisotopic (exact) mass is 1010 g/mol. The number of nitrogens with two attached hydrogens (primary N) is 1. The summed E-state index contributed by atoms with van der Waals surface area (Å²) in [6.07, 6.45) is 8.72. The molecule has 0 bridgehead atoms. The Morgan fingerprint density at radius 3 is 1.56 bits per heavy atom. The van der Waals surface area contributed by atoms with Crippen molar-refractivity contribution in [2.24, 2.45) is 10.7 Å². The van der Waals surface area contributed by atoms with Crippen LogP contribution in [0.4, 0.5) is 0 Å². The van der Waals surface area contributed by atoms with Gasteiger partial charge in [-0.25, -0.2) is 10.1 Å². The van der Waals surface area contributed by atoms with Gasteiger partial charge in [0.2, 0.25) is 11.8 Å². The van der Waals surface area contributed by atoms with Gasteiger partial charge in [0, 0.05) is 63.0 Å². The van der Waals surface area contributed by atoms with Gasteiger partial charge in [-0.3, -0.25) is 33.7 Å². The zero-order valence-corrected chi connectivity index (χ0v) is 41.9. The lowest BCUT2D eigenvalue weighted by Crippen LogP contribution is -2.41. The number of imide groups is 1. The average molecular weight is 1010 g/mol. The van der Waals surface area contributed by atoms with Crippen molar-refractivity contribution in [3.8, 4) is 0 Å². The highest BCUT2D eigenvalue weighted by Crippen LogP contribution is 2.18. The van der Waals surface area contributed by atoms with Gasteiger partial charge in [0.25, 0.3) is 17.7 Å². The maximum absolute atomic E-state index is 13.1. The molecular formula is C47H80N8O16. The number of nitrogens with one attached hydrogen (secondary N) is 4. The van der Waals surface area contributed by atoms with Crippen molar-refractivity contribution in [2.75, 3.05) is 171 Å². The maximum atomic E-state index is 13.1. The number of unbranched alkanes of at least 4 members (excludes halogenated alkanes) is 2. The number of ether oxygens (including phenoxy) is 10. The summed E-state index contributed by atoms with van der Waals surface area (Å²) in [6.45, 7) is 13.9. The van der Waals surface area contributed by atoms with Crippen LogP contribution in [0.3, 0.4) is 0 Å². The molecule has 0 unspecified atom stereocenters. The molecule has 0 radical (unpaired) electrons. The molecule has 24 heteroatoms. The number of nitrogens with zero attached hydrogens (tertiary/aromatic N) is 3. The first-order valence-corrected chi connectivity index (χ1v) is 24.5. The second kappa shape index (κ2) is 42.9. The molecule has 0 saturated heterocycles. The highest BCUT2D eigenvalue weighted by molar-refractivity contribution is 6.14. The molecular weight excluding hydrogens is 933 g/mol. The van der Waals surface area contributed by atoms with Gasteiger partial charge in [0.05, 0.1) is 144 Å². The first kappa shape index (κ1) is 62.4. The Hall–Kier alpha value is -4.73. The zero-order chi connectivity index (χ0) is 51.4. The van der Waals surface area contributed by atoms with E-state index in [9.17, 15) is 24.0 Å². The van der Waals surface area contributed by atoms with E-state index >= 15 is 0 Å². The van der Waals surface area contributed by atoms with Gasteiger partial charge in [-0.1, -0.05) is 6.92 Å². The van der Waals surface area contributed by atoms with Gasteiger partial charge in [-0.05, 0) is 38.7 Å². The standard InChI is InChI=1S/C47H80N8O16/c1-3-14-55(71-4-2)47(60)39-35-40(41(37-48)53-42(49)36-39)50-11-6-5-7-12-51-43(56)10-15-61-17-19-63-21-23-65-25-27-67-29-31-69-33-34-70-32-30-68-28-26-66-24-22-64-20-18-62-16-13-52-44(57)38-54-45(58)8-9-46(54)59/h8-9,35,37,48,50H,3-7,10-34,36,38H2,1-2H3,(H2,49,53)(H,51,56)(H,52,57). The topological polar surface area (TPSA) is 292 Å². The number of amides is 5. The smallest absolute Gasteiger partial charge is 0.273 e. The molecule has 0 spiro atoms. The minimum absolute atomic E-state index is 0.0733. The molecule has 404 valence electrons. The Morgan fingerprint density at radius 2 is 1.10 bits per heavy atom. The number of amidine groups is 1. The van der Waals surface area contributed by atoms with E-state index in [1.165, 1.54) is 5.06 Å². The summed E-state index contributed by atoms with van der Waals surface area (Å²) in [5.74, 6) is -1.53. The maximum Gasteiger partial charge on any atom is 0.273 e. The van der Waals surface area contributed by atoms with Crippen LogP contribution in [0.2, 0.25) is 0 Å². The van der Waals surface area contributed by atoms with Crippen LogP contribution >= 0.6 is 0 Å². The molecule has 2 aliphatic heterocycles. The Morgan fingerprint density at radius 1 is 0.648 bits per heavy atom. The third kappa shape index (κ3) is 32.1. The predicted octanol–water partition coefficient (Wildman–Crippen LogP) is 0.198. The Bertz CT molecular complexity index is 1630. The fourth-order valence-corrected chi connectivity index (χ4v) is 6.14. The summed E-state index contributed by atoms with van der Waals surface area (Å²) in [4.78, 5) is 70.8. The molecule has 24 nitrogen and oxygen atoms in total. The molecule has 71 heavy (non-hydrogen) atoms. The molecule has 0 fully saturated rings. The number of aliphatic imine (C=N–C) groups is 1. The molecule has 0 aromatic carbocycles. The summed E-state index contributed by atoms with van der Waals surface area (Å²) < 4.78 is 54.8. The molecule has 2 aliphatic rings. The first-order chi connectivity index (χ1) is 34.7. The van der Waals surface area contributed by atoms with Crippen molar-refractivity contribution < 1.29 is 76.2 Å². The summed E-state index contributed by atoms with van der Waals surface area (Å²) in [7, 11) is 0. The summed E-state index contributed by atoms with van der Waals surface area (Å²) in [5.41, 5.74) is 7.42. The first-order valence-electron chi connectivity index (χ1n) is 24.5. The number of hydrogen-bond acceptors (Lipinski definition) is 20. The predicted molar refractivity (Wildman–Crippen MR) is 260 cm³/mol. The summed E-state index contributed by atoms with van der Waals surface area (Å²) >= 11 is 0. The van der Waals surface area contributed by atoms with Gasteiger partial charge >= 0.3 is 0 Å². The van der Waals surface area contributed by atoms with E-state index < -0.39 is 17.7 Å². The molecule has 5 amide bonds. The number of carbonyl (C=O) groups excluding carboxylic acids is 5. The molecule has 0 aromatic heterocycles. The van der Waals surface area contributed by atoms with Crippen LogP contribution in [0.5, 0.6) is 0 Å². The van der Waals surface area contributed by atoms with Crippen molar-refractivity contribution in [3.05, 3.63) is 35.2 Å². The van der Waals surface area contributed by atoms with Crippen LogP contribution in [0.15, 0.2) is 40.2 Å². The van der Waals surface area contributed by atoms with Crippen molar-refractivity contribution in [1.82, 2.24) is 25.9 Å². The quantitative estimate of drug-likeness (QED) is 0.0235. The summed E-state index contributed by atoms with van der Waals surface area (Å²) in [5, 5.41) is 17.9. The second-order valence-electron chi connectivity index (χ2n) is 15.4. The van der Waals surface area contributed by atoms with Crippen molar-refractivity contribution in [1.29, 1.82) is 5.41 Å². The van der Waals surface area contributed by atoms with Crippen molar-refractivity contribution in [3.63, 3.8) is 0 Å². The van der Waals surface area contributed by atoms with Gasteiger partial charge in [0.1, 0.15) is 18.1 Å². The fraction of sp³-hybridized carbons (Fsp3) is 0.723. The lowest BCUT2D eigenvalue weighted by molar-refractivity contribution is -0.180. The van der Waals surface area contributed by atoms with Crippen LogP contribution in [0.25, 0.3) is 0 Å². The van der Waals surface area contributed by atoms with E-state index in [0.717, 1.165) is 48.9 Å².